The molecule has 1 unspecified atom stereocenters. The monoisotopic (exact) mass is 361 g/mol. The molecule has 0 saturated heterocycles. The first-order chi connectivity index (χ1) is 9.28. The second-order valence-electron chi connectivity index (χ2n) is 4.99. The summed E-state index contributed by atoms with van der Waals surface area (Å²) in [5.74, 6) is -0.251. The Bertz CT molecular complexity index is 570. The van der Waals surface area contributed by atoms with Crippen molar-refractivity contribution in [2.75, 3.05) is 6.54 Å². The van der Waals surface area contributed by atoms with E-state index in [9.17, 15) is 13.2 Å². The number of rotatable bonds is 6. The second kappa shape index (κ2) is 7.22. The first-order valence-corrected chi connectivity index (χ1v) is 9.18. The molecule has 0 saturated carbocycles. The average Bonchev–Trinajstić information content (AvgIpc) is 2.44. The summed E-state index contributed by atoms with van der Waals surface area (Å²) in [5, 5.41) is 2.32. The number of hydrogen-bond acceptors (Lipinski definition) is 3. The molecule has 1 aromatic rings. The van der Waals surface area contributed by atoms with Crippen LogP contribution in [0.2, 0.25) is 0 Å². The topological polar surface area (TPSA) is 63.2 Å². The minimum atomic E-state index is -3.19. The van der Waals surface area contributed by atoms with Crippen molar-refractivity contribution in [2.24, 2.45) is 0 Å². The van der Waals surface area contributed by atoms with Crippen LogP contribution in [0.5, 0.6) is 0 Å². The molecule has 112 valence electrons. The Kier molecular flexibility index (Phi) is 6.20. The third kappa shape index (κ3) is 4.31. The molecule has 0 fully saturated rings. The molecular weight excluding hydrogens is 342 g/mol. The van der Waals surface area contributed by atoms with Crippen molar-refractivity contribution in [3.8, 4) is 0 Å². The third-order valence-corrected chi connectivity index (χ3v) is 6.36. The van der Waals surface area contributed by atoms with E-state index in [1.54, 1.807) is 39.0 Å². The van der Waals surface area contributed by atoms with E-state index in [0.29, 0.717) is 10.9 Å². The lowest BCUT2D eigenvalue weighted by Crippen LogP contribution is -2.37. The number of halogens is 1. The lowest BCUT2D eigenvalue weighted by atomic mass is 10.1. The zero-order chi connectivity index (χ0) is 15.3. The van der Waals surface area contributed by atoms with Gasteiger partial charge in [0.1, 0.15) is 0 Å². The molecule has 0 aliphatic rings. The molecule has 20 heavy (non-hydrogen) atoms. The molecule has 0 aliphatic carbocycles. The van der Waals surface area contributed by atoms with Crippen LogP contribution >= 0.6 is 15.9 Å². The summed E-state index contributed by atoms with van der Waals surface area (Å²) in [4.78, 5) is 12.0. The number of benzene rings is 1. The fourth-order valence-corrected chi connectivity index (χ4v) is 3.31. The summed E-state index contributed by atoms with van der Waals surface area (Å²) in [5.41, 5.74) is 1.54. The van der Waals surface area contributed by atoms with Crippen LogP contribution in [-0.2, 0) is 15.2 Å². The molecule has 1 amide bonds. The van der Waals surface area contributed by atoms with Gasteiger partial charge in [-0.05, 0) is 38.5 Å². The first kappa shape index (κ1) is 17.2. The van der Waals surface area contributed by atoms with E-state index >= 15 is 0 Å². The van der Waals surface area contributed by atoms with E-state index in [-0.39, 0.29) is 12.5 Å². The van der Waals surface area contributed by atoms with E-state index in [2.05, 4.69) is 21.2 Å². The van der Waals surface area contributed by atoms with Gasteiger partial charge in [-0.25, -0.2) is 8.42 Å². The first-order valence-electron chi connectivity index (χ1n) is 6.44. The molecule has 0 aromatic heterocycles. The van der Waals surface area contributed by atoms with E-state index in [4.69, 9.17) is 0 Å². The fourth-order valence-electron chi connectivity index (χ4n) is 1.71. The van der Waals surface area contributed by atoms with Crippen LogP contribution in [0.1, 0.15) is 36.7 Å². The predicted octanol–water partition coefficient (Wildman–Crippen LogP) is 2.52. The van der Waals surface area contributed by atoms with Gasteiger partial charge in [-0.15, -0.1) is 0 Å². The van der Waals surface area contributed by atoms with Crippen molar-refractivity contribution in [3.05, 3.63) is 35.4 Å². The van der Waals surface area contributed by atoms with E-state index in [1.807, 2.05) is 6.07 Å². The van der Waals surface area contributed by atoms with Crippen LogP contribution in [0.4, 0.5) is 0 Å². The van der Waals surface area contributed by atoms with Gasteiger partial charge in [-0.3, -0.25) is 4.79 Å². The van der Waals surface area contributed by atoms with E-state index in [0.717, 1.165) is 5.56 Å². The Labute approximate surface area is 129 Å². The molecule has 4 nitrogen and oxygen atoms in total. The minimum absolute atomic E-state index is 0.123. The Morgan fingerprint density at radius 3 is 2.50 bits per heavy atom. The zero-order valence-electron chi connectivity index (χ0n) is 11.9. The van der Waals surface area contributed by atoms with Crippen LogP contribution in [0.3, 0.4) is 0 Å². The number of hydrogen-bond donors (Lipinski definition) is 1. The molecule has 1 rings (SSSR count). The Hall–Kier alpha value is -0.880. The van der Waals surface area contributed by atoms with E-state index in [1.165, 1.54) is 0 Å². The Morgan fingerprint density at radius 1 is 1.30 bits per heavy atom. The van der Waals surface area contributed by atoms with Crippen molar-refractivity contribution in [3.63, 3.8) is 0 Å². The summed E-state index contributed by atoms with van der Waals surface area (Å²) >= 11 is 3.33. The Balaban J connectivity index is 2.68. The second-order valence-corrected chi connectivity index (χ2v) is 8.48. The van der Waals surface area contributed by atoms with Gasteiger partial charge >= 0.3 is 0 Å². The standard InChI is InChI=1S/C14H20BrNO3S/c1-10(2)20(18,19)11(3)9-16-14(17)13-6-4-5-12(7-13)8-15/h4-7,10-11H,8-9H2,1-3H3,(H,16,17). The lowest BCUT2D eigenvalue weighted by molar-refractivity contribution is 0.0954. The molecule has 0 aliphatic heterocycles. The van der Waals surface area contributed by atoms with Gasteiger partial charge in [0, 0.05) is 17.4 Å². The summed E-state index contributed by atoms with van der Waals surface area (Å²) in [6.07, 6.45) is 0. The Morgan fingerprint density at radius 2 is 1.95 bits per heavy atom. The summed E-state index contributed by atoms with van der Waals surface area (Å²) in [7, 11) is -3.19. The summed E-state index contributed by atoms with van der Waals surface area (Å²) < 4.78 is 23.8. The zero-order valence-corrected chi connectivity index (χ0v) is 14.3. The minimum Gasteiger partial charge on any atom is -0.351 e. The van der Waals surface area contributed by atoms with Crippen molar-refractivity contribution >= 4 is 31.7 Å². The highest BCUT2D eigenvalue weighted by Gasteiger charge is 2.24. The molecule has 6 heteroatoms. The highest BCUT2D eigenvalue weighted by Crippen LogP contribution is 2.10. The maximum absolute atomic E-state index is 12.0. The normalized spacial score (nSPS) is 13.2. The number of amides is 1. The van der Waals surface area contributed by atoms with Crippen LogP contribution in [0.25, 0.3) is 0 Å². The maximum atomic E-state index is 12.0. The van der Waals surface area contributed by atoms with Crippen molar-refractivity contribution in [2.45, 2.75) is 36.6 Å². The molecular formula is C14H20BrNO3S. The number of carbonyl (C=O) groups excluding carboxylic acids is 1. The van der Waals surface area contributed by atoms with Crippen LogP contribution in [0, 0.1) is 0 Å². The molecule has 1 atom stereocenters. The molecule has 1 aromatic carbocycles. The quantitative estimate of drug-likeness (QED) is 0.791. The van der Waals surface area contributed by atoms with E-state index < -0.39 is 20.3 Å². The van der Waals surface area contributed by atoms with Crippen molar-refractivity contribution < 1.29 is 13.2 Å². The largest absolute Gasteiger partial charge is 0.351 e. The number of nitrogens with one attached hydrogen (secondary N) is 1. The van der Waals surface area contributed by atoms with Gasteiger partial charge in [-0.2, -0.15) is 0 Å². The van der Waals surface area contributed by atoms with Gasteiger partial charge in [0.15, 0.2) is 9.84 Å². The SMILES string of the molecule is CC(C)S(=O)(=O)C(C)CNC(=O)c1cccc(CBr)c1. The smallest absolute Gasteiger partial charge is 0.251 e. The highest BCUT2D eigenvalue weighted by atomic mass is 79.9. The predicted molar refractivity (Wildman–Crippen MR) is 84.9 cm³/mol. The molecule has 0 heterocycles. The molecule has 0 spiro atoms. The van der Waals surface area contributed by atoms with Gasteiger partial charge < -0.3 is 5.32 Å². The summed E-state index contributed by atoms with van der Waals surface area (Å²) in [6.45, 7) is 5.03. The number of carbonyl (C=O) groups is 1. The third-order valence-electron chi connectivity index (χ3n) is 3.11. The van der Waals surface area contributed by atoms with Crippen molar-refractivity contribution in [1.29, 1.82) is 0 Å². The fraction of sp³-hybridized carbons (Fsp3) is 0.500. The van der Waals surface area contributed by atoms with Gasteiger partial charge in [0.25, 0.3) is 5.91 Å². The molecule has 1 N–H and O–H groups in total. The maximum Gasteiger partial charge on any atom is 0.251 e. The molecule has 0 radical (unpaired) electrons. The van der Waals surface area contributed by atoms with Gasteiger partial charge in [0.2, 0.25) is 0 Å². The van der Waals surface area contributed by atoms with Gasteiger partial charge in [-0.1, -0.05) is 28.1 Å². The number of alkyl halides is 1. The van der Waals surface area contributed by atoms with Crippen LogP contribution < -0.4 is 5.32 Å². The summed E-state index contributed by atoms with van der Waals surface area (Å²) in [6, 6.07) is 7.21. The van der Waals surface area contributed by atoms with Gasteiger partial charge in [0.05, 0.1) is 10.5 Å². The van der Waals surface area contributed by atoms with Crippen molar-refractivity contribution in [1.82, 2.24) is 5.32 Å². The lowest BCUT2D eigenvalue weighted by Gasteiger charge is -2.16. The van der Waals surface area contributed by atoms with Crippen LogP contribution in [0.15, 0.2) is 24.3 Å². The van der Waals surface area contributed by atoms with Crippen LogP contribution in [-0.4, -0.2) is 31.4 Å². The number of sulfone groups is 1. The average molecular weight is 362 g/mol. The highest BCUT2D eigenvalue weighted by molar-refractivity contribution is 9.08. The molecule has 0 bridgehead atoms.